The molecule has 0 unspecified atom stereocenters. The summed E-state index contributed by atoms with van der Waals surface area (Å²) < 4.78 is 1.79. The smallest absolute Gasteiger partial charge is 0.165 e. The average molecular weight is 228 g/mol. The Morgan fingerprint density at radius 2 is 2.07 bits per heavy atom. The molecule has 0 N–H and O–H groups in total. The third-order valence-electron chi connectivity index (χ3n) is 1.88. The molecule has 14 heavy (non-hydrogen) atoms. The van der Waals surface area contributed by atoms with Crippen molar-refractivity contribution in [2.45, 2.75) is 0 Å². The van der Waals surface area contributed by atoms with E-state index in [1.54, 1.807) is 29.1 Å². The van der Waals surface area contributed by atoms with E-state index in [0.29, 0.717) is 15.9 Å². The van der Waals surface area contributed by atoms with Crippen molar-refractivity contribution in [3.63, 3.8) is 0 Å². The second kappa shape index (κ2) is 3.59. The van der Waals surface area contributed by atoms with Gasteiger partial charge in [-0.05, 0) is 18.2 Å². The normalized spacial score (nSPS) is 10.5. The minimum absolute atomic E-state index is 0.616. The first kappa shape index (κ1) is 9.49. The number of hydrogen-bond acceptors (Lipinski definition) is 2. The molecular weight excluding hydrogens is 221 g/mol. The zero-order chi connectivity index (χ0) is 10.1. The Bertz CT molecular complexity index is 465. The lowest BCUT2D eigenvalue weighted by atomic mass is 10.2. The van der Waals surface area contributed by atoms with Crippen LogP contribution in [-0.4, -0.2) is 14.8 Å². The zero-order valence-electron chi connectivity index (χ0n) is 7.41. The third kappa shape index (κ3) is 1.61. The SMILES string of the molecule is Cn1cnnc1-c1cc(Cl)ccc1Cl. The van der Waals surface area contributed by atoms with Crippen molar-refractivity contribution in [2.24, 2.45) is 7.05 Å². The average Bonchev–Trinajstić information content (AvgIpc) is 2.56. The number of benzene rings is 1. The van der Waals surface area contributed by atoms with Crippen molar-refractivity contribution in [1.29, 1.82) is 0 Å². The van der Waals surface area contributed by atoms with Crippen LogP contribution >= 0.6 is 23.2 Å². The second-order valence-corrected chi connectivity index (χ2v) is 3.73. The van der Waals surface area contributed by atoms with Crippen LogP contribution in [0.25, 0.3) is 11.4 Å². The van der Waals surface area contributed by atoms with Gasteiger partial charge in [-0.1, -0.05) is 23.2 Å². The molecule has 5 heteroatoms. The number of rotatable bonds is 1. The van der Waals surface area contributed by atoms with Gasteiger partial charge in [0.15, 0.2) is 5.82 Å². The van der Waals surface area contributed by atoms with Crippen molar-refractivity contribution < 1.29 is 0 Å². The number of nitrogens with zero attached hydrogens (tertiary/aromatic N) is 3. The van der Waals surface area contributed by atoms with Gasteiger partial charge in [0, 0.05) is 17.6 Å². The Labute approximate surface area is 91.3 Å². The van der Waals surface area contributed by atoms with Gasteiger partial charge >= 0.3 is 0 Å². The molecule has 0 bridgehead atoms. The molecule has 0 aliphatic carbocycles. The highest BCUT2D eigenvalue weighted by Gasteiger charge is 2.09. The van der Waals surface area contributed by atoms with Crippen LogP contribution in [0.1, 0.15) is 0 Å². The molecule has 1 heterocycles. The predicted octanol–water partition coefficient (Wildman–Crippen LogP) is 2.79. The topological polar surface area (TPSA) is 30.7 Å². The Balaban J connectivity index is 2.62. The van der Waals surface area contributed by atoms with E-state index < -0.39 is 0 Å². The Morgan fingerprint density at radius 1 is 1.29 bits per heavy atom. The molecule has 0 radical (unpaired) electrons. The summed E-state index contributed by atoms with van der Waals surface area (Å²) in [5.74, 6) is 0.706. The van der Waals surface area contributed by atoms with Crippen LogP contribution in [0, 0.1) is 0 Å². The van der Waals surface area contributed by atoms with Gasteiger partial charge in [0.1, 0.15) is 6.33 Å². The van der Waals surface area contributed by atoms with Crippen LogP contribution in [-0.2, 0) is 7.05 Å². The first-order chi connectivity index (χ1) is 6.68. The predicted molar refractivity (Wildman–Crippen MR) is 56.5 cm³/mol. The summed E-state index contributed by atoms with van der Waals surface area (Å²) in [5, 5.41) is 8.99. The number of hydrogen-bond donors (Lipinski definition) is 0. The molecule has 0 aliphatic rings. The van der Waals surface area contributed by atoms with E-state index in [0.717, 1.165) is 5.56 Å². The number of aryl methyl sites for hydroxylation is 1. The van der Waals surface area contributed by atoms with Gasteiger partial charge < -0.3 is 4.57 Å². The summed E-state index contributed by atoms with van der Waals surface area (Å²) in [5.41, 5.74) is 0.791. The molecule has 3 nitrogen and oxygen atoms in total. The number of aromatic nitrogens is 3. The zero-order valence-corrected chi connectivity index (χ0v) is 8.92. The van der Waals surface area contributed by atoms with E-state index >= 15 is 0 Å². The Kier molecular flexibility index (Phi) is 2.44. The van der Waals surface area contributed by atoms with Crippen molar-refractivity contribution in [1.82, 2.24) is 14.8 Å². The van der Waals surface area contributed by atoms with E-state index in [9.17, 15) is 0 Å². The minimum atomic E-state index is 0.616. The van der Waals surface area contributed by atoms with Gasteiger partial charge in [-0.25, -0.2) is 0 Å². The van der Waals surface area contributed by atoms with Crippen LogP contribution < -0.4 is 0 Å². The van der Waals surface area contributed by atoms with Crippen LogP contribution in [0.5, 0.6) is 0 Å². The fourth-order valence-corrected chi connectivity index (χ4v) is 1.57. The van der Waals surface area contributed by atoms with E-state index in [1.165, 1.54) is 0 Å². The molecule has 1 aromatic carbocycles. The van der Waals surface area contributed by atoms with Crippen molar-refractivity contribution in [3.05, 3.63) is 34.6 Å². The summed E-state index contributed by atoms with van der Waals surface area (Å²) in [6.45, 7) is 0. The fraction of sp³-hybridized carbons (Fsp3) is 0.111. The molecule has 0 saturated carbocycles. The summed E-state index contributed by atoms with van der Waals surface area (Å²) in [4.78, 5) is 0. The highest BCUT2D eigenvalue weighted by Crippen LogP contribution is 2.28. The fourth-order valence-electron chi connectivity index (χ4n) is 1.20. The molecule has 1 aromatic heterocycles. The highest BCUT2D eigenvalue weighted by molar-refractivity contribution is 6.35. The maximum Gasteiger partial charge on any atom is 0.165 e. The Morgan fingerprint density at radius 3 is 2.71 bits per heavy atom. The van der Waals surface area contributed by atoms with Crippen LogP contribution in [0.15, 0.2) is 24.5 Å². The lowest BCUT2D eigenvalue weighted by Crippen LogP contribution is -1.91. The van der Waals surface area contributed by atoms with Gasteiger partial charge in [0.05, 0.1) is 5.02 Å². The lowest BCUT2D eigenvalue weighted by Gasteiger charge is -2.03. The molecule has 0 amide bonds. The van der Waals surface area contributed by atoms with Gasteiger partial charge in [0.2, 0.25) is 0 Å². The third-order valence-corrected chi connectivity index (χ3v) is 2.45. The monoisotopic (exact) mass is 227 g/mol. The molecular formula is C9H7Cl2N3. The molecule has 72 valence electrons. The van der Waals surface area contributed by atoms with Crippen LogP contribution in [0.2, 0.25) is 10.0 Å². The van der Waals surface area contributed by atoms with E-state index in [2.05, 4.69) is 10.2 Å². The standard InChI is InChI=1S/C9H7Cl2N3/c1-14-5-12-13-9(14)7-4-6(10)2-3-8(7)11/h2-5H,1H3. The summed E-state index contributed by atoms with van der Waals surface area (Å²) >= 11 is 11.9. The first-order valence-electron chi connectivity index (χ1n) is 3.98. The van der Waals surface area contributed by atoms with Gasteiger partial charge in [-0.3, -0.25) is 0 Å². The van der Waals surface area contributed by atoms with Crippen LogP contribution in [0.4, 0.5) is 0 Å². The molecule has 0 aliphatic heterocycles. The molecule has 0 fully saturated rings. The summed E-state index contributed by atoms with van der Waals surface area (Å²) in [6, 6.07) is 5.26. The second-order valence-electron chi connectivity index (χ2n) is 2.89. The van der Waals surface area contributed by atoms with E-state index in [-0.39, 0.29) is 0 Å². The molecule has 0 spiro atoms. The maximum absolute atomic E-state index is 6.02. The minimum Gasteiger partial charge on any atom is -0.317 e. The molecule has 2 rings (SSSR count). The highest BCUT2D eigenvalue weighted by atomic mass is 35.5. The lowest BCUT2D eigenvalue weighted by molar-refractivity contribution is 0.920. The van der Waals surface area contributed by atoms with Crippen molar-refractivity contribution >= 4 is 23.2 Å². The van der Waals surface area contributed by atoms with Crippen LogP contribution in [0.3, 0.4) is 0 Å². The summed E-state index contributed by atoms with van der Waals surface area (Å²) in [7, 11) is 1.85. The van der Waals surface area contributed by atoms with E-state index in [1.807, 2.05) is 7.05 Å². The van der Waals surface area contributed by atoms with Gasteiger partial charge in [-0.2, -0.15) is 0 Å². The van der Waals surface area contributed by atoms with Crippen molar-refractivity contribution in [2.75, 3.05) is 0 Å². The summed E-state index contributed by atoms with van der Waals surface area (Å²) in [6.07, 6.45) is 1.62. The first-order valence-corrected chi connectivity index (χ1v) is 4.73. The number of halogens is 2. The van der Waals surface area contributed by atoms with E-state index in [4.69, 9.17) is 23.2 Å². The molecule has 0 saturated heterocycles. The maximum atomic E-state index is 6.02. The molecule has 2 aromatic rings. The molecule has 0 atom stereocenters. The van der Waals surface area contributed by atoms with Gasteiger partial charge in [-0.15, -0.1) is 10.2 Å². The largest absolute Gasteiger partial charge is 0.317 e. The quantitative estimate of drug-likeness (QED) is 0.751. The van der Waals surface area contributed by atoms with Crippen molar-refractivity contribution in [3.8, 4) is 11.4 Å². The Hall–Kier alpha value is -1.06. The van der Waals surface area contributed by atoms with Gasteiger partial charge in [0.25, 0.3) is 0 Å².